The van der Waals surface area contributed by atoms with Crippen molar-refractivity contribution in [3.8, 4) is 0 Å². The van der Waals surface area contributed by atoms with Crippen molar-refractivity contribution in [2.24, 2.45) is 5.41 Å². The van der Waals surface area contributed by atoms with E-state index in [9.17, 15) is 4.39 Å². The molecular formula is C9H16FN. The van der Waals surface area contributed by atoms with E-state index in [2.05, 4.69) is 11.8 Å². The molecule has 0 amide bonds. The minimum Gasteiger partial charge on any atom is -0.300 e. The van der Waals surface area contributed by atoms with Crippen LogP contribution in [0.4, 0.5) is 4.39 Å². The summed E-state index contributed by atoms with van der Waals surface area (Å²) in [5.41, 5.74) is 0.612. The lowest BCUT2D eigenvalue weighted by Gasteiger charge is -2.33. The molecule has 0 atom stereocenters. The zero-order chi connectivity index (χ0) is 7.90. The SMILES string of the molecule is CC12CC(C1)N(CCCF)C2. The van der Waals surface area contributed by atoms with Gasteiger partial charge < -0.3 is 0 Å². The monoisotopic (exact) mass is 157 g/mol. The first-order valence-corrected chi connectivity index (χ1v) is 4.54. The molecule has 3 fully saturated rings. The van der Waals surface area contributed by atoms with Gasteiger partial charge in [-0.05, 0) is 24.7 Å². The molecule has 0 aromatic rings. The molecule has 2 aliphatic heterocycles. The van der Waals surface area contributed by atoms with Crippen molar-refractivity contribution in [1.82, 2.24) is 4.90 Å². The van der Waals surface area contributed by atoms with Gasteiger partial charge in [0, 0.05) is 19.1 Å². The first-order chi connectivity index (χ1) is 5.23. The number of hydrogen-bond donors (Lipinski definition) is 0. The van der Waals surface area contributed by atoms with Gasteiger partial charge in [0.1, 0.15) is 0 Å². The van der Waals surface area contributed by atoms with Crippen molar-refractivity contribution in [1.29, 1.82) is 0 Å². The highest BCUT2D eigenvalue weighted by Crippen LogP contribution is 2.51. The Labute approximate surface area is 67.6 Å². The fourth-order valence-electron chi connectivity index (χ4n) is 2.61. The maximum Gasteiger partial charge on any atom is 0.0906 e. The smallest absolute Gasteiger partial charge is 0.0906 e. The molecule has 2 heteroatoms. The molecule has 2 heterocycles. The van der Waals surface area contributed by atoms with Gasteiger partial charge in [0.05, 0.1) is 6.67 Å². The van der Waals surface area contributed by atoms with E-state index in [4.69, 9.17) is 0 Å². The number of rotatable bonds is 3. The maximum atomic E-state index is 11.9. The van der Waals surface area contributed by atoms with Crippen LogP contribution in [0, 0.1) is 5.41 Å². The third kappa shape index (κ3) is 1.18. The van der Waals surface area contributed by atoms with Gasteiger partial charge in [0.15, 0.2) is 0 Å². The molecule has 1 aliphatic carbocycles. The normalized spacial score (nSPS) is 42.5. The first-order valence-electron chi connectivity index (χ1n) is 4.54. The highest BCUT2D eigenvalue weighted by atomic mass is 19.1. The molecule has 64 valence electrons. The summed E-state index contributed by atoms with van der Waals surface area (Å²) < 4.78 is 11.9. The highest BCUT2D eigenvalue weighted by molar-refractivity contribution is 5.05. The van der Waals surface area contributed by atoms with Gasteiger partial charge in [-0.1, -0.05) is 6.92 Å². The average molecular weight is 157 g/mol. The van der Waals surface area contributed by atoms with E-state index in [1.165, 1.54) is 19.4 Å². The van der Waals surface area contributed by atoms with Crippen LogP contribution in [0.1, 0.15) is 26.2 Å². The Morgan fingerprint density at radius 2 is 2.27 bits per heavy atom. The summed E-state index contributed by atoms with van der Waals surface area (Å²) >= 11 is 0. The van der Waals surface area contributed by atoms with Crippen LogP contribution in [0.2, 0.25) is 0 Å². The van der Waals surface area contributed by atoms with E-state index < -0.39 is 0 Å². The number of halogens is 1. The van der Waals surface area contributed by atoms with Crippen LogP contribution in [0.15, 0.2) is 0 Å². The molecule has 1 nitrogen and oxygen atoms in total. The average Bonchev–Trinajstić information content (AvgIpc) is 2.36. The Morgan fingerprint density at radius 3 is 2.73 bits per heavy atom. The summed E-state index contributed by atoms with van der Waals surface area (Å²) in [6, 6.07) is 0.812. The predicted octanol–water partition coefficient (Wildman–Crippen LogP) is 1.83. The van der Waals surface area contributed by atoms with Crippen molar-refractivity contribution < 1.29 is 4.39 Å². The summed E-state index contributed by atoms with van der Waals surface area (Å²) in [6.07, 6.45) is 3.45. The summed E-state index contributed by atoms with van der Waals surface area (Å²) in [7, 11) is 0. The van der Waals surface area contributed by atoms with Crippen molar-refractivity contribution in [2.75, 3.05) is 19.8 Å². The lowest BCUT2D eigenvalue weighted by Crippen LogP contribution is -2.33. The van der Waals surface area contributed by atoms with Crippen LogP contribution < -0.4 is 0 Å². The van der Waals surface area contributed by atoms with Crippen molar-refractivity contribution in [3.05, 3.63) is 0 Å². The minimum atomic E-state index is -0.153. The third-order valence-electron chi connectivity index (χ3n) is 3.14. The van der Waals surface area contributed by atoms with Crippen molar-refractivity contribution in [2.45, 2.75) is 32.2 Å². The molecule has 0 radical (unpaired) electrons. The number of alkyl halides is 1. The molecular weight excluding hydrogens is 141 g/mol. The molecule has 0 unspecified atom stereocenters. The molecule has 3 rings (SSSR count). The zero-order valence-electron chi connectivity index (χ0n) is 7.15. The van der Waals surface area contributed by atoms with Gasteiger partial charge in [-0.15, -0.1) is 0 Å². The minimum absolute atomic E-state index is 0.153. The fraction of sp³-hybridized carbons (Fsp3) is 1.00. The number of nitrogens with zero attached hydrogens (tertiary/aromatic N) is 1. The van der Waals surface area contributed by atoms with Gasteiger partial charge in [0.2, 0.25) is 0 Å². The first kappa shape index (κ1) is 7.53. The standard InChI is InChI=1S/C9H16FN/c1-9-5-8(6-9)11(7-9)4-2-3-10/h8H,2-7H2,1H3. The van der Waals surface area contributed by atoms with Crippen LogP contribution in [-0.2, 0) is 0 Å². The van der Waals surface area contributed by atoms with E-state index in [0.717, 1.165) is 19.0 Å². The molecule has 0 aromatic carbocycles. The zero-order valence-corrected chi connectivity index (χ0v) is 7.15. The van der Waals surface area contributed by atoms with Gasteiger partial charge in [0.25, 0.3) is 0 Å². The van der Waals surface area contributed by atoms with Crippen LogP contribution in [0.25, 0.3) is 0 Å². The second kappa shape index (κ2) is 2.44. The predicted molar refractivity (Wildman–Crippen MR) is 43.3 cm³/mol. The summed E-state index contributed by atoms with van der Waals surface area (Å²) in [5, 5.41) is 0. The second-order valence-corrected chi connectivity index (χ2v) is 4.39. The Bertz CT molecular complexity index is 152. The van der Waals surface area contributed by atoms with E-state index >= 15 is 0 Å². The quantitative estimate of drug-likeness (QED) is 0.604. The van der Waals surface area contributed by atoms with E-state index in [1.54, 1.807) is 0 Å². The van der Waals surface area contributed by atoms with Gasteiger partial charge in [-0.25, -0.2) is 0 Å². The highest BCUT2D eigenvalue weighted by Gasteiger charge is 2.51. The molecule has 3 aliphatic rings. The molecule has 1 saturated carbocycles. The molecule has 0 aromatic heterocycles. The summed E-state index contributed by atoms with van der Waals surface area (Å²) in [5.74, 6) is 0. The van der Waals surface area contributed by atoms with Gasteiger partial charge in [-0.3, -0.25) is 9.29 Å². The molecule has 2 bridgehead atoms. The number of hydrogen-bond acceptors (Lipinski definition) is 1. The lowest BCUT2D eigenvalue weighted by atomic mass is 9.72. The van der Waals surface area contributed by atoms with Crippen LogP contribution in [-0.4, -0.2) is 30.7 Å². The largest absolute Gasteiger partial charge is 0.300 e. The molecule has 2 saturated heterocycles. The van der Waals surface area contributed by atoms with E-state index in [1.807, 2.05) is 0 Å². The topological polar surface area (TPSA) is 3.24 Å². The Hall–Kier alpha value is -0.110. The van der Waals surface area contributed by atoms with Gasteiger partial charge in [-0.2, -0.15) is 0 Å². The fourth-order valence-corrected chi connectivity index (χ4v) is 2.61. The lowest BCUT2D eigenvalue weighted by molar-refractivity contribution is 0.192. The summed E-state index contributed by atoms with van der Waals surface area (Å²) in [4.78, 5) is 2.46. The second-order valence-electron chi connectivity index (χ2n) is 4.39. The van der Waals surface area contributed by atoms with E-state index in [0.29, 0.717) is 5.41 Å². The van der Waals surface area contributed by atoms with Crippen LogP contribution >= 0.6 is 0 Å². The Kier molecular flexibility index (Phi) is 1.67. The molecule has 11 heavy (non-hydrogen) atoms. The van der Waals surface area contributed by atoms with Crippen LogP contribution in [0.5, 0.6) is 0 Å². The third-order valence-corrected chi connectivity index (χ3v) is 3.14. The van der Waals surface area contributed by atoms with E-state index in [-0.39, 0.29) is 6.67 Å². The van der Waals surface area contributed by atoms with Crippen molar-refractivity contribution >= 4 is 0 Å². The summed E-state index contributed by atoms with van der Waals surface area (Å²) in [6.45, 7) is 4.40. The van der Waals surface area contributed by atoms with Gasteiger partial charge >= 0.3 is 0 Å². The maximum absolute atomic E-state index is 11.9. The molecule has 0 N–H and O–H groups in total. The Balaban J connectivity index is 1.81. The number of fused-ring (bicyclic) bond motifs is 1. The van der Waals surface area contributed by atoms with Crippen LogP contribution in [0.3, 0.4) is 0 Å². The molecule has 0 spiro atoms. The Morgan fingerprint density at radius 1 is 1.55 bits per heavy atom. The van der Waals surface area contributed by atoms with Crippen molar-refractivity contribution in [3.63, 3.8) is 0 Å².